The van der Waals surface area contributed by atoms with Gasteiger partial charge in [0.15, 0.2) is 0 Å². The molecule has 20 heavy (non-hydrogen) atoms. The summed E-state index contributed by atoms with van der Waals surface area (Å²) < 4.78 is 0. The summed E-state index contributed by atoms with van der Waals surface area (Å²) >= 11 is 0. The van der Waals surface area contributed by atoms with Crippen LogP contribution in [0.3, 0.4) is 0 Å². The quantitative estimate of drug-likeness (QED) is 0.800. The van der Waals surface area contributed by atoms with Crippen LogP contribution >= 0.6 is 0 Å². The molecule has 4 unspecified atom stereocenters. The van der Waals surface area contributed by atoms with Gasteiger partial charge in [-0.3, -0.25) is 0 Å². The molecular weight excluding hydrogens is 244 g/mol. The highest BCUT2D eigenvalue weighted by Crippen LogP contribution is 2.38. The lowest BCUT2D eigenvalue weighted by Crippen LogP contribution is -2.56. The van der Waals surface area contributed by atoms with Crippen LogP contribution in [-0.2, 0) is 0 Å². The maximum Gasteiger partial charge on any atom is 0.0251 e. The predicted octanol–water partition coefficient (Wildman–Crippen LogP) is 3.82. The van der Waals surface area contributed by atoms with E-state index in [-0.39, 0.29) is 0 Å². The fraction of sp³-hybridized carbons (Fsp3) is 1.00. The minimum Gasteiger partial charge on any atom is -0.315 e. The summed E-state index contributed by atoms with van der Waals surface area (Å²) in [4.78, 5) is 0. The topological polar surface area (TPSA) is 24.1 Å². The highest BCUT2D eigenvalue weighted by molar-refractivity contribution is 4.95. The van der Waals surface area contributed by atoms with Gasteiger partial charge in [-0.25, -0.2) is 0 Å². The molecule has 118 valence electrons. The van der Waals surface area contributed by atoms with E-state index < -0.39 is 0 Å². The van der Waals surface area contributed by atoms with Crippen LogP contribution in [0.1, 0.15) is 65.2 Å². The van der Waals surface area contributed by atoms with Crippen LogP contribution in [0, 0.1) is 23.7 Å². The maximum absolute atomic E-state index is 3.71. The Morgan fingerprint density at radius 1 is 0.650 bits per heavy atom. The predicted molar refractivity (Wildman–Crippen MR) is 87.9 cm³/mol. The molecule has 2 aliphatic rings. The number of hydrogen-bond acceptors (Lipinski definition) is 2. The van der Waals surface area contributed by atoms with Crippen LogP contribution in [-0.4, -0.2) is 26.2 Å². The molecule has 2 saturated carbocycles. The summed E-state index contributed by atoms with van der Waals surface area (Å²) in [6.07, 6.45) is 11.5. The Morgan fingerprint density at radius 3 is 1.30 bits per heavy atom. The minimum atomic E-state index is 0.654. The third kappa shape index (κ3) is 3.57. The monoisotopic (exact) mass is 280 g/mol. The van der Waals surface area contributed by atoms with E-state index in [1.807, 2.05) is 0 Å². The van der Waals surface area contributed by atoms with Crippen LogP contribution in [0.15, 0.2) is 0 Å². The Bertz CT molecular complexity index is 251. The van der Waals surface area contributed by atoms with Crippen LogP contribution in [0.4, 0.5) is 0 Å². The smallest absolute Gasteiger partial charge is 0.0251 e. The van der Waals surface area contributed by atoms with Gasteiger partial charge in [0.1, 0.15) is 0 Å². The second-order valence-electron chi connectivity index (χ2n) is 7.48. The molecule has 0 amide bonds. The van der Waals surface area contributed by atoms with Gasteiger partial charge in [-0.1, -0.05) is 52.4 Å². The van der Waals surface area contributed by atoms with Crippen molar-refractivity contribution < 1.29 is 0 Å². The Balaban J connectivity index is 2.09. The van der Waals surface area contributed by atoms with Gasteiger partial charge in [-0.15, -0.1) is 0 Å². The van der Waals surface area contributed by atoms with E-state index in [1.165, 1.54) is 51.4 Å². The molecule has 6 atom stereocenters. The van der Waals surface area contributed by atoms with E-state index in [0.29, 0.717) is 12.1 Å². The first-order valence-electron chi connectivity index (χ1n) is 9.03. The van der Waals surface area contributed by atoms with Crippen molar-refractivity contribution in [3.05, 3.63) is 0 Å². The van der Waals surface area contributed by atoms with Gasteiger partial charge in [0, 0.05) is 12.1 Å². The van der Waals surface area contributed by atoms with E-state index in [1.54, 1.807) is 0 Å². The van der Waals surface area contributed by atoms with Crippen molar-refractivity contribution >= 4 is 0 Å². The van der Waals surface area contributed by atoms with Crippen LogP contribution in [0.25, 0.3) is 0 Å². The summed E-state index contributed by atoms with van der Waals surface area (Å²) in [5, 5.41) is 7.42. The molecule has 0 aromatic rings. The summed E-state index contributed by atoms with van der Waals surface area (Å²) in [5.41, 5.74) is 0. The van der Waals surface area contributed by atoms with Gasteiger partial charge < -0.3 is 10.6 Å². The van der Waals surface area contributed by atoms with Crippen molar-refractivity contribution in [2.45, 2.75) is 77.3 Å². The first kappa shape index (κ1) is 16.3. The number of rotatable bonds is 5. The SMILES string of the molecule is CN[C@H](C1CCCCC1C)[C@H](NC)C1CCCCC1C. The van der Waals surface area contributed by atoms with Crippen molar-refractivity contribution in [1.29, 1.82) is 0 Å². The first-order chi connectivity index (χ1) is 9.69. The molecule has 0 heterocycles. The molecule has 2 aliphatic carbocycles. The fourth-order valence-electron chi connectivity index (χ4n) is 5.08. The average molecular weight is 280 g/mol. The molecule has 0 bridgehead atoms. The van der Waals surface area contributed by atoms with Crippen LogP contribution < -0.4 is 10.6 Å². The second-order valence-corrected chi connectivity index (χ2v) is 7.48. The van der Waals surface area contributed by atoms with Crippen molar-refractivity contribution in [2.24, 2.45) is 23.7 Å². The second kappa shape index (κ2) is 7.79. The molecule has 0 aromatic carbocycles. The number of nitrogens with one attached hydrogen (secondary N) is 2. The van der Waals surface area contributed by atoms with Crippen LogP contribution in [0.5, 0.6) is 0 Å². The minimum absolute atomic E-state index is 0.654. The molecule has 0 spiro atoms. The standard InChI is InChI=1S/C18H36N2/c1-13-9-5-7-11-15(13)17(19-3)18(20-4)16-12-8-6-10-14(16)2/h13-20H,5-12H2,1-4H3/t13?,14?,15?,16?,17-,18-/m1/s1. The zero-order valence-electron chi connectivity index (χ0n) is 14.1. The van der Waals surface area contributed by atoms with Gasteiger partial charge in [-0.2, -0.15) is 0 Å². The van der Waals surface area contributed by atoms with E-state index in [0.717, 1.165) is 23.7 Å². The molecule has 2 nitrogen and oxygen atoms in total. The third-order valence-electron chi connectivity index (χ3n) is 6.33. The molecule has 0 saturated heterocycles. The lowest BCUT2D eigenvalue weighted by atomic mass is 9.68. The summed E-state index contributed by atoms with van der Waals surface area (Å²) in [5.74, 6) is 3.49. The Hall–Kier alpha value is -0.0800. The zero-order chi connectivity index (χ0) is 14.5. The lowest BCUT2D eigenvalue weighted by molar-refractivity contribution is 0.109. The van der Waals surface area contributed by atoms with Gasteiger partial charge in [0.25, 0.3) is 0 Å². The molecule has 2 fully saturated rings. The summed E-state index contributed by atoms with van der Waals surface area (Å²) in [6, 6.07) is 1.31. The van der Waals surface area contributed by atoms with Gasteiger partial charge in [0.2, 0.25) is 0 Å². The fourth-order valence-corrected chi connectivity index (χ4v) is 5.08. The lowest BCUT2D eigenvalue weighted by Gasteiger charge is -2.45. The zero-order valence-corrected chi connectivity index (χ0v) is 14.1. The summed E-state index contributed by atoms with van der Waals surface area (Å²) in [6.45, 7) is 4.95. The van der Waals surface area contributed by atoms with Gasteiger partial charge in [-0.05, 0) is 50.6 Å². The van der Waals surface area contributed by atoms with Crippen LogP contribution in [0.2, 0.25) is 0 Å². The van der Waals surface area contributed by atoms with Crippen molar-refractivity contribution in [3.63, 3.8) is 0 Å². The number of likely N-dealkylation sites (N-methyl/N-ethyl adjacent to an activating group) is 2. The largest absolute Gasteiger partial charge is 0.315 e. The maximum atomic E-state index is 3.71. The highest BCUT2D eigenvalue weighted by Gasteiger charge is 2.38. The Labute approximate surface area is 126 Å². The normalized spacial score (nSPS) is 38.4. The Kier molecular flexibility index (Phi) is 6.35. The molecular formula is C18H36N2. The van der Waals surface area contributed by atoms with E-state index >= 15 is 0 Å². The molecule has 0 aromatic heterocycles. The van der Waals surface area contributed by atoms with E-state index in [9.17, 15) is 0 Å². The average Bonchev–Trinajstić information content (AvgIpc) is 2.47. The van der Waals surface area contributed by atoms with Gasteiger partial charge >= 0.3 is 0 Å². The van der Waals surface area contributed by atoms with Gasteiger partial charge in [0.05, 0.1) is 0 Å². The molecule has 2 heteroatoms. The first-order valence-corrected chi connectivity index (χ1v) is 9.03. The summed E-state index contributed by atoms with van der Waals surface area (Å²) in [7, 11) is 4.37. The molecule has 0 aliphatic heterocycles. The third-order valence-corrected chi connectivity index (χ3v) is 6.33. The van der Waals surface area contributed by atoms with E-state index in [2.05, 4.69) is 38.6 Å². The van der Waals surface area contributed by atoms with Crippen molar-refractivity contribution in [1.82, 2.24) is 10.6 Å². The molecule has 2 N–H and O–H groups in total. The van der Waals surface area contributed by atoms with E-state index in [4.69, 9.17) is 0 Å². The molecule has 2 rings (SSSR count). The van der Waals surface area contributed by atoms with Crippen molar-refractivity contribution in [3.8, 4) is 0 Å². The highest BCUT2D eigenvalue weighted by atomic mass is 15.0. The molecule has 0 radical (unpaired) electrons. The van der Waals surface area contributed by atoms with Crippen molar-refractivity contribution in [2.75, 3.05) is 14.1 Å². The number of hydrogen-bond donors (Lipinski definition) is 2. The Morgan fingerprint density at radius 2 is 1.00 bits per heavy atom.